The van der Waals surface area contributed by atoms with Gasteiger partial charge in [-0.15, -0.1) is 24.0 Å². The summed E-state index contributed by atoms with van der Waals surface area (Å²) >= 11 is 0. The summed E-state index contributed by atoms with van der Waals surface area (Å²) in [4.78, 5) is 4.73. The lowest BCUT2D eigenvalue weighted by Gasteiger charge is -2.16. The summed E-state index contributed by atoms with van der Waals surface area (Å²) in [6.07, 6.45) is 2.37. The van der Waals surface area contributed by atoms with Gasteiger partial charge in [0, 0.05) is 30.6 Å². The van der Waals surface area contributed by atoms with E-state index in [2.05, 4.69) is 29.6 Å². The highest BCUT2D eigenvalue weighted by atomic mass is 127. The molecule has 0 fully saturated rings. The lowest BCUT2D eigenvalue weighted by atomic mass is 10.1. The van der Waals surface area contributed by atoms with E-state index < -0.39 is 0 Å². The molecule has 1 aromatic carbocycles. The van der Waals surface area contributed by atoms with Gasteiger partial charge in [0.15, 0.2) is 17.5 Å². The van der Waals surface area contributed by atoms with Gasteiger partial charge in [-0.3, -0.25) is 0 Å². The summed E-state index contributed by atoms with van der Waals surface area (Å²) in [5.74, 6) is 3.59. The highest BCUT2D eigenvalue weighted by Gasteiger charge is 2.16. The van der Waals surface area contributed by atoms with Crippen molar-refractivity contribution in [3.8, 4) is 17.2 Å². The Kier molecular flexibility index (Phi) is 12.1. The highest BCUT2D eigenvalue weighted by Crippen LogP contribution is 2.39. The first-order valence-corrected chi connectivity index (χ1v) is 10.4. The molecule has 2 aromatic rings. The van der Waals surface area contributed by atoms with Gasteiger partial charge < -0.3 is 29.4 Å². The van der Waals surface area contributed by atoms with Crippen LogP contribution in [-0.4, -0.2) is 45.5 Å². The van der Waals surface area contributed by atoms with Crippen LogP contribution in [-0.2, 0) is 25.8 Å². The van der Waals surface area contributed by atoms with Gasteiger partial charge in [0.1, 0.15) is 5.76 Å². The molecule has 0 aliphatic rings. The van der Waals surface area contributed by atoms with Crippen molar-refractivity contribution < 1.29 is 18.7 Å². The van der Waals surface area contributed by atoms with Crippen LogP contribution in [0.2, 0.25) is 0 Å². The van der Waals surface area contributed by atoms with Crippen LogP contribution < -0.4 is 24.8 Å². The minimum atomic E-state index is 0. The Morgan fingerprint density at radius 2 is 1.74 bits per heavy atom. The molecule has 8 nitrogen and oxygen atoms in total. The largest absolute Gasteiger partial charge is 0.493 e. The van der Waals surface area contributed by atoms with Gasteiger partial charge in [0.05, 0.1) is 33.6 Å². The molecule has 0 saturated heterocycles. The monoisotopic (exact) mass is 546 g/mol. The molecule has 9 heteroatoms. The number of ether oxygens (including phenoxy) is 3. The number of rotatable bonds is 11. The summed E-state index contributed by atoms with van der Waals surface area (Å²) < 4.78 is 21.8. The van der Waals surface area contributed by atoms with E-state index >= 15 is 0 Å². The molecule has 0 spiro atoms. The van der Waals surface area contributed by atoms with E-state index in [1.807, 2.05) is 19.1 Å². The number of halogens is 1. The summed E-state index contributed by atoms with van der Waals surface area (Å²) in [7, 11) is 4.86. The number of aryl methyl sites for hydroxylation is 2. The van der Waals surface area contributed by atoms with Gasteiger partial charge in [-0.25, -0.2) is 4.99 Å². The first kappa shape index (κ1) is 26.9. The molecule has 31 heavy (non-hydrogen) atoms. The molecule has 0 saturated carbocycles. The van der Waals surface area contributed by atoms with Crippen LogP contribution in [0.5, 0.6) is 17.2 Å². The predicted octanol–water partition coefficient (Wildman–Crippen LogP) is 3.74. The van der Waals surface area contributed by atoms with Crippen molar-refractivity contribution in [3.63, 3.8) is 0 Å². The third kappa shape index (κ3) is 6.91. The van der Waals surface area contributed by atoms with Crippen LogP contribution in [0, 0.1) is 0 Å². The lowest BCUT2D eigenvalue weighted by Crippen LogP contribution is -2.38. The second-order valence-corrected chi connectivity index (χ2v) is 6.60. The zero-order valence-electron chi connectivity index (χ0n) is 19.3. The zero-order valence-corrected chi connectivity index (χ0v) is 21.7. The van der Waals surface area contributed by atoms with Crippen LogP contribution in [0.15, 0.2) is 21.6 Å². The Hall–Kier alpha value is -2.17. The number of aromatic nitrogens is 1. The van der Waals surface area contributed by atoms with E-state index in [1.54, 1.807) is 21.3 Å². The Labute approximate surface area is 202 Å². The molecule has 0 atom stereocenters. The van der Waals surface area contributed by atoms with Crippen LogP contribution in [0.4, 0.5) is 0 Å². The third-order valence-electron chi connectivity index (χ3n) is 4.82. The number of nitrogens with one attached hydrogen (secondary N) is 2. The van der Waals surface area contributed by atoms with E-state index in [1.165, 1.54) is 0 Å². The first-order valence-electron chi connectivity index (χ1n) is 10.4. The van der Waals surface area contributed by atoms with Crippen molar-refractivity contribution in [1.82, 2.24) is 15.8 Å². The Morgan fingerprint density at radius 1 is 1.00 bits per heavy atom. The van der Waals surface area contributed by atoms with Crippen molar-refractivity contribution in [3.05, 3.63) is 34.7 Å². The minimum Gasteiger partial charge on any atom is -0.493 e. The molecule has 0 bridgehead atoms. The molecule has 0 radical (unpaired) electrons. The molecule has 1 aromatic heterocycles. The molecule has 174 valence electrons. The van der Waals surface area contributed by atoms with Gasteiger partial charge in [-0.1, -0.05) is 25.1 Å². The average molecular weight is 546 g/mol. The van der Waals surface area contributed by atoms with Gasteiger partial charge in [-0.2, -0.15) is 0 Å². The second-order valence-electron chi connectivity index (χ2n) is 6.60. The Bertz CT molecular complexity index is 818. The van der Waals surface area contributed by atoms with Gasteiger partial charge in [0.2, 0.25) is 5.75 Å². The molecule has 0 aliphatic heterocycles. The van der Waals surface area contributed by atoms with E-state index in [-0.39, 0.29) is 24.0 Å². The van der Waals surface area contributed by atoms with Crippen LogP contribution >= 0.6 is 24.0 Å². The fourth-order valence-corrected chi connectivity index (χ4v) is 3.29. The van der Waals surface area contributed by atoms with Gasteiger partial charge >= 0.3 is 0 Å². The smallest absolute Gasteiger partial charge is 0.203 e. The average Bonchev–Trinajstić information content (AvgIpc) is 3.18. The van der Waals surface area contributed by atoms with Crippen molar-refractivity contribution in [1.29, 1.82) is 0 Å². The van der Waals surface area contributed by atoms with Crippen LogP contribution in [0.3, 0.4) is 0 Å². The number of guanidine groups is 1. The van der Waals surface area contributed by atoms with E-state index in [0.717, 1.165) is 54.3 Å². The third-order valence-corrected chi connectivity index (χ3v) is 4.82. The summed E-state index contributed by atoms with van der Waals surface area (Å²) in [5.41, 5.74) is 3.08. The van der Waals surface area contributed by atoms with Crippen LogP contribution in [0.25, 0.3) is 0 Å². The first-order chi connectivity index (χ1) is 14.6. The summed E-state index contributed by atoms with van der Waals surface area (Å²) in [6, 6.07) is 3.88. The fraction of sp³-hybridized carbons (Fsp3) is 0.545. The SMILES string of the molecule is CCNC(=NCc1c(CC)noc1CC)NCCc1ccc(OC)c(OC)c1OC.I. The topological polar surface area (TPSA) is 90.1 Å². The van der Waals surface area contributed by atoms with Gasteiger partial charge in [0.25, 0.3) is 0 Å². The molecule has 0 aliphatic carbocycles. The predicted molar refractivity (Wildman–Crippen MR) is 133 cm³/mol. The molecular weight excluding hydrogens is 511 g/mol. The minimum absolute atomic E-state index is 0. The number of aliphatic imine (C=N–C) groups is 1. The van der Waals surface area contributed by atoms with E-state index in [0.29, 0.717) is 30.3 Å². The molecule has 0 unspecified atom stereocenters. The molecule has 2 rings (SSSR count). The number of nitrogens with zero attached hydrogens (tertiary/aromatic N) is 2. The standard InChI is InChI=1S/C22H34N4O4.HI/c1-7-17-16(18(8-2)30-26-17)14-25-22(23-9-3)24-13-12-15-10-11-19(27-4)21(29-6)20(15)28-5;/h10-11H,7-9,12-14H2,1-6H3,(H2,23,24,25);1H. The van der Waals surface area contributed by atoms with E-state index in [4.69, 9.17) is 23.7 Å². The van der Waals surface area contributed by atoms with Gasteiger partial charge in [-0.05, 0) is 25.8 Å². The molecular formula is C22H35IN4O4. The number of benzene rings is 1. The van der Waals surface area contributed by atoms with Crippen LogP contribution in [0.1, 0.15) is 43.4 Å². The van der Waals surface area contributed by atoms with E-state index in [9.17, 15) is 0 Å². The lowest BCUT2D eigenvalue weighted by molar-refractivity contribution is 0.322. The summed E-state index contributed by atoms with van der Waals surface area (Å²) in [5, 5.41) is 10.8. The summed E-state index contributed by atoms with van der Waals surface area (Å²) in [6.45, 7) is 8.17. The highest BCUT2D eigenvalue weighted by molar-refractivity contribution is 14.0. The fourth-order valence-electron chi connectivity index (χ4n) is 3.29. The number of methoxy groups -OCH3 is 3. The maximum Gasteiger partial charge on any atom is 0.203 e. The van der Waals surface area contributed by atoms with Crippen molar-refractivity contribution in [2.45, 2.75) is 46.6 Å². The van der Waals surface area contributed by atoms with Crippen molar-refractivity contribution in [2.75, 3.05) is 34.4 Å². The van der Waals surface area contributed by atoms with Crippen molar-refractivity contribution >= 4 is 29.9 Å². The molecule has 1 heterocycles. The maximum absolute atomic E-state index is 5.57. The van der Waals surface area contributed by atoms with Crippen molar-refractivity contribution in [2.24, 2.45) is 4.99 Å². The quantitative estimate of drug-likeness (QED) is 0.252. The molecule has 0 amide bonds. The number of hydrogen-bond donors (Lipinski definition) is 2. The number of hydrogen-bond acceptors (Lipinski definition) is 6. The Morgan fingerprint density at radius 3 is 2.32 bits per heavy atom. The maximum atomic E-state index is 5.57. The zero-order chi connectivity index (χ0) is 21.9. The molecule has 2 N–H and O–H groups in total. The Balaban J connectivity index is 0.00000480. The normalized spacial score (nSPS) is 11.0. The second kappa shape index (κ2) is 14.0.